The average Bonchev–Trinajstić information content (AvgIpc) is 3.01. The van der Waals surface area contributed by atoms with Crippen LogP contribution in [0, 0.1) is 13.8 Å². The molecule has 132 valence electrons. The normalized spacial score (nSPS) is 14.0. The zero-order valence-electron chi connectivity index (χ0n) is 17.0. The molecule has 0 amide bonds. The fourth-order valence-corrected chi connectivity index (χ4v) is 3.93. The molecule has 1 N–H and O–H groups in total. The molecular weight excluding hydrogens is 343 g/mol. The summed E-state index contributed by atoms with van der Waals surface area (Å²) in [4.78, 5) is 11.1. The molecule has 0 spiro atoms. The molecular formula is C17H19N3O4S. The van der Waals surface area contributed by atoms with E-state index in [4.69, 9.17) is 13.6 Å². The number of sulfone groups is 1. The maximum absolute atomic E-state index is 12.8. The lowest BCUT2D eigenvalue weighted by Gasteiger charge is -2.11. The van der Waals surface area contributed by atoms with Gasteiger partial charge >= 0.3 is 0 Å². The Morgan fingerprint density at radius 1 is 1.28 bits per heavy atom. The van der Waals surface area contributed by atoms with Gasteiger partial charge in [-0.1, -0.05) is 0 Å². The van der Waals surface area contributed by atoms with E-state index in [1.54, 1.807) is 13.1 Å². The van der Waals surface area contributed by atoms with E-state index >= 15 is 0 Å². The molecule has 3 aromatic rings. The molecule has 2 aromatic heterocycles. The number of imidazole rings is 1. The minimum Gasteiger partial charge on any atom is -0.497 e. The number of hydrogen-bond acceptors (Lipinski definition) is 6. The first-order valence-electron chi connectivity index (χ1n) is 8.91. The van der Waals surface area contributed by atoms with Crippen LogP contribution in [-0.4, -0.2) is 37.5 Å². The van der Waals surface area contributed by atoms with E-state index < -0.39 is 16.9 Å². The number of aryl methyl sites for hydroxylation is 1. The predicted molar refractivity (Wildman–Crippen MR) is 93.8 cm³/mol. The van der Waals surface area contributed by atoms with Crippen LogP contribution in [0.5, 0.6) is 11.5 Å². The van der Waals surface area contributed by atoms with E-state index in [9.17, 15) is 8.42 Å². The number of benzene rings is 1. The van der Waals surface area contributed by atoms with Crippen LogP contribution < -0.4 is 9.47 Å². The van der Waals surface area contributed by atoms with E-state index in [1.807, 2.05) is 6.92 Å². The van der Waals surface area contributed by atoms with Gasteiger partial charge in [0.25, 0.3) is 0 Å². The first kappa shape index (κ1) is 13.7. The van der Waals surface area contributed by atoms with Gasteiger partial charge in [-0.2, -0.15) is 0 Å². The van der Waals surface area contributed by atoms with Gasteiger partial charge < -0.3 is 14.5 Å². The second-order valence-electron chi connectivity index (χ2n) is 5.63. The molecule has 2 heterocycles. The van der Waals surface area contributed by atoms with Crippen LogP contribution in [0.3, 0.4) is 0 Å². The lowest BCUT2D eigenvalue weighted by atomic mass is 10.1. The van der Waals surface area contributed by atoms with Crippen LogP contribution in [0.25, 0.3) is 11.0 Å². The molecule has 0 aliphatic rings. The molecule has 0 unspecified atom stereocenters. The first-order chi connectivity index (χ1) is 13.0. The summed E-state index contributed by atoms with van der Waals surface area (Å²) in [5.41, 5.74) is 2.56. The lowest BCUT2D eigenvalue weighted by molar-refractivity contribution is 0.407. The van der Waals surface area contributed by atoms with Crippen molar-refractivity contribution in [2.45, 2.75) is 24.8 Å². The van der Waals surface area contributed by atoms with E-state index in [-0.39, 0.29) is 16.7 Å². The summed E-state index contributed by atoms with van der Waals surface area (Å²) in [6, 6.07) is 4.30. The number of nitrogens with one attached hydrogen (secondary N) is 1. The third-order valence-corrected chi connectivity index (χ3v) is 5.36. The van der Waals surface area contributed by atoms with Crippen molar-refractivity contribution >= 4 is 20.9 Å². The molecule has 0 aliphatic heterocycles. The minimum atomic E-state index is -3.82. The maximum atomic E-state index is 12.8. The molecule has 0 fully saturated rings. The third kappa shape index (κ3) is 3.17. The quantitative estimate of drug-likeness (QED) is 0.699. The summed E-state index contributed by atoms with van der Waals surface area (Å²) >= 11 is 0. The van der Waals surface area contributed by atoms with E-state index in [0.29, 0.717) is 28.0 Å². The molecule has 7 nitrogen and oxygen atoms in total. The van der Waals surface area contributed by atoms with Gasteiger partial charge in [0, 0.05) is 23.4 Å². The third-order valence-electron chi connectivity index (χ3n) is 3.92. The Bertz CT molecular complexity index is 1140. The van der Waals surface area contributed by atoms with Crippen LogP contribution in [-0.2, 0) is 15.6 Å². The summed E-state index contributed by atoms with van der Waals surface area (Å²) in [6.45, 7) is 3.58. The highest BCUT2D eigenvalue weighted by Crippen LogP contribution is 2.27. The Labute approximate surface area is 150 Å². The van der Waals surface area contributed by atoms with Gasteiger partial charge in [-0.25, -0.2) is 13.4 Å². The van der Waals surface area contributed by atoms with Crippen molar-refractivity contribution in [2.24, 2.45) is 0 Å². The highest BCUT2D eigenvalue weighted by atomic mass is 32.2. The summed E-state index contributed by atoms with van der Waals surface area (Å²) < 4.78 is 57.2. The summed E-state index contributed by atoms with van der Waals surface area (Å²) in [5, 5.41) is -0.228. The van der Waals surface area contributed by atoms with Crippen LogP contribution in [0.2, 0.25) is 0 Å². The Morgan fingerprint density at radius 2 is 2.08 bits per heavy atom. The summed E-state index contributed by atoms with van der Waals surface area (Å²) in [5.74, 6) is 0.325. The van der Waals surface area contributed by atoms with Crippen molar-refractivity contribution in [3.8, 4) is 11.5 Å². The van der Waals surface area contributed by atoms with E-state index in [1.165, 1.54) is 25.3 Å². The monoisotopic (exact) mass is 365 g/mol. The van der Waals surface area contributed by atoms with Crippen LogP contribution in [0.15, 0.2) is 29.6 Å². The molecule has 1 aromatic carbocycles. The molecule has 3 rings (SSSR count). The second-order valence-corrected chi connectivity index (χ2v) is 7.53. The number of aromatic amines is 1. The molecule has 8 heteroatoms. The maximum Gasteiger partial charge on any atom is 0.226 e. The van der Waals surface area contributed by atoms with Crippen molar-refractivity contribution in [1.29, 1.82) is 0 Å². The van der Waals surface area contributed by atoms with Crippen molar-refractivity contribution in [1.82, 2.24) is 15.0 Å². The van der Waals surface area contributed by atoms with Gasteiger partial charge in [0.15, 0.2) is 0 Å². The Hall–Kier alpha value is -2.61. The molecule has 0 radical (unpaired) electrons. The van der Waals surface area contributed by atoms with Gasteiger partial charge in [-0.15, -0.1) is 0 Å². The number of H-pyrrole nitrogens is 1. The van der Waals surface area contributed by atoms with Crippen LogP contribution in [0.1, 0.15) is 20.9 Å². The summed E-state index contributed by atoms with van der Waals surface area (Å²) in [7, 11) is -4.90. The molecule has 0 atom stereocenters. The first-order valence-corrected chi connectivity index (χ1v) is 9.06. The number of aromatic nitrogens is 3. The minimum absolute atomic E-state index is 0.0841. The standard InChI is InChI=1S/C17H19N3O4S/c1-10-8-18-15(11(2)16(10)24-4)9-25(21,22)17-19-13-6-5-12(23-3)7-14(13)20-17/h5-8H,9H2,1-4H3,(H,19,20)/i3+1D3. The smallest absolute Gasteiger partial charge is 0.226 e. The fraction of sp³-hybridized carbons (Fsp3) is 0.294. The SMILES string of the molecule is [2H][13C]([2H])([2H])Oc1ccc2nc(S(=O)(=O)Cc3ncc(C)c(OC)c3C)[nH]c2c1. The number of rotatable bonds is 5. The zero-order valence-corrected chi connectivity index (χ0v) is 14.8. The van der Waals surface area contributed by atoms with Crippen LogP contribution in [0.4, 0.5) is 0 Å². The number of methoxy groups -OCH3 is 2. The van der Waals surface area contributed by atoms with Gasteiger partial charge in [0.2, 0.25) is 15.0 Å². The topological polar surface area (TPSA) is 94.2 Å². The van der Waals surface area contributed by atoms with Gasteiger partial charge in [0.1, 0.15) is 17.3 Å². The number of nitrogens with zero attached hydrogens (tertiary/aromatic N) is 2. The second kappa shape index (κ2) is 6.36. The molecule has 0 aliphatic carbocycles. The number of fused-ring (bicyclic) bond motifs is 1. The van der Waals surface area contributed by atoms with Crippen molar-refractivity contribution in [2.75, 3.05) is 14.1 Å². The van der Waals surface area contributed by atoms with E-state index in [0.717, 1.165) is 5.56 Å². The lowest BCUT2D eigenvalue weighted by Crippen LogP contribution is -2.10. The number of ether oxygens (including phenoxy) is 2. The van der Waals surface area contributed by atoms with Crippen molar-refractivity contribution in [3.05, 3.63) is 41.2 Å². The predicted octanol–water partition coefficient (Wildman–Crippen LogP) is 2.57. The highest BCUT2D eigenvalue weighted by Gasteiger charge is 2.23. The average molecular weight is 365 g/mol. The Balaban J connectivity index is 1.95. The van der Waals surface area contributed by atoms with Crippen molar-refractivity contribution < 1.29 is 22.0 Å². The van der Waals surface area contributed by atoms with Gasteiger partial charge in [-0.3, -0.25) is 4.98 Å². The van der Waals surface area contributed by atoms with Gasteiger partial charge in [-0.05, 0) is 26.0 Å². The van der Waals surface area contributed by atoms with Crippen LogP contribution >= 0.6 is 0 Å². The van der Waals surface area contributed by atoms with Crippen molar-refractivity contribution in [3.63, 3.8) is 0 Å². The largest absolute Gasteiger partial charge is 0.497 e. The number of pyridine rings is 1. The number of hydrogen-bond donors (Lipinski definition) is 1. The Morgan fingerprint density at radius 3 is 2.80 bits per heavy atom. The zero-order chi connectivity index (χ0) is 20.7. The Kier molecular flexibility index (Phi) is 3.47. The fourth-order valence-electron chi connectivity index (χ4n) is 2.64. The molecule has 0 saturated carbocycles. The summed E-state index contributed by atoms with van der Waals surface area (Å²) in [6.07, 6.45) is 1.56. The van der Waals surface area contributed by atoms with Gasteiger partial charge in [0.05, 0.1) is 35.0 Å². The van der Waals surface area contributed by atoms with E-state index in [2.05, 4.69) is 15.0 Å². The molecule has 0 saturated heterocycles. The molecule has 0 bridgehead atoms. The highest BCUT2D eigenvalue weighted by molar-refractivity contribution is 7.90. The molecule has 25 heavy (non-hydrogen) atoms.